The Morgan fingerprint density at radius 2 is 2.19 bits per heavy atom. The number of carbonyl (C=O) groups excluding carboxylic acids is 1. The van der Waals surface area contributed by atoms with E-state index in [1.54, 1.807) is 11.8 Å². The van der Waals surface area contributed by atoms with Crippen LogP contribution in [0, 0.1) is 6.92 Å². The summed E-state index contributed by atoms with van der Waals surface area (Å²) < 4.78 is 0. The molecule has 0 saturated carbocycles. The molecular weight excluding hydrogens is 220 g/mol. The lowest BCUT2D eigenvalue weighted by molar-refractivity contribution is 0.0956. The molecule has 1 rings (SSSR count). The second-order valence-electron chi connectivity index (χ2n) is 3.53. The number of nitrogens with one attached hydrogen (secondary N) is 2. The molecule has 0 bridgehead atoms. The van der Waals surface area contributed by atoms with Crippen molar-refractivity contribution in [3.63, 3.8) is 0 Å². The highest BCUT2D eigenvalue weighted by atomic mass is 32.2. The van der Waals surface area contributed by atoms with Gasteiger partial charge in [-0.3, -0.25) is 4.79 Å². The van der Waals surface area contributed by atoms with E-state index in [0.717, 1.165) is 22.6 Å². The summed E-state index contributed by atoms with van der Waals surface area (Å²) in [6, 6.07) is 5.67. The standard InChI is InChI=1S/C12H18N2OS/c1-9-8-10(4-5-11(9)13-2)12(15)14-6-7-16-3/h4-5,8,13H,6-7H2,1-3H3,(H,14,15). The van der Waals surface area contributed by atoms with E-state index >= 15 is 0 Å². The van der Waals surface area contributed by atoms with E-state index in [0.29, 0.717) is 6.54 Å². The minimum atomic E-state index is -0.000182. The Morgan fingerprint density at radius 1 is 1.44 bits per heavy atom. The minimum absolute atomic E-state index is 0.000182. The van der Waals surface area contributed by atoms with Crippen molar-refractivity contribution in [3.05, 3.63) is 29.3 Å². The van der Waals surface area contributed by atoms with Crippen molar-refractivity contribution in [3.8, 4) is 0 Å². The Balaban J connectivity index is 2.66. The highest BCUT2D eigenvalue weighted by molar-refractivity contribution is 7.98. The zero-order valence-corrected chi connectivity index (χ0v) is 10.8. The monoisotopic (exact) mass is 238 g/mol. The van der Waals surface area contributed by atoms with Gasteiger partial charge < -0.3 is 10.6 Å². The third kappa shape index (κ3) is 3.45. The molecule has 0 spiro atoms. The van der Waals surface area contributed by atoms with Crippen LogP contribution >= 0.6 is 11.8 Å². The van der Waals surface area contributed by atoms with Crippen molar-refractivity contribution in [1.82, 2.24) is 5.32 Å². The first-order valence-electron chi connectivity index (χ1n) is 5.24. The number of hydrogen-bond acceptors (Lipinski definition) is 3. The molecular formula is C12H18N2OS. The lowest BCUT2D eigenvalue weighted by Gasteiger charge is -2.08. The normalized spacial score (nSPS) is 9.94. The molecule has 0 aliphatic heterocycles. The van der Waals surface area contributed by atoms with Crippen LogP contribution in [0.5, 0.6) is 0 Å². The van der Waals surface area contributed by atoms with E-state index in [4.69, 9.17) is 0 Å². The van der Waals surface area contributed by atoms with Gasteiger partial charge in [0.25, 0.3) is 5.91 Å². The number of thioether (sulfide) groups is 1. The second-order valence-corrected chi connectivity index (χ2v) is 4.51. The minimum Gasteiger partial charge on any atom is -0.388 e. The first-order valence-corrected chi connectivity index (χ1v) is 6.64. The molecule has 1 amide bonds. The van der Waals surface area contributed by atoms with Gasteiger partial charge in [0.1, 0.15) is 0 Å². The Labute approximate surface area is 101 Å². The summed E-state index contributed by atoms with van der Waals surface area (Å²) in [4.78, 5) is 11.7. The molecule has 0 aromatic heterocycles. The quantitative estimate of drug-likeness (QED) is 0.772. The summed E-state index contributed by atoms with van der Waals surface area (Å²) in [5, 5.41) is 5.96. The molecule has 1 aromatic rings. The van der Waals surface area contributed by atoms with Gasteiger partial charge in [0.05, 0.1) is 0 Å². The molecule has 0 radical (unpaired) electrons. The molecule has 0 aliphatic rings. The van der Waals surface area contributed by atoms with Gasteiger partial charge >= 0.3 is 0 Å². The van der Waals surface area contributed by atoms with Crippen LogP contribution in [-0.4, -0.2) is 31.5 Å². The summed E-state index contributed by atoms with van der Waals surface area (Å²) in [5.41, 5.74) is 2.86. The van der Waals surface area contributed by atoms with Gasteiger partial charge in [-0.2, -0.15) is 11.8 Å². The van der Waals surface area contributed by atoms with Crippen LogP contribution in [-0.2, 0) is 0 Å². The average molecular weight is 238 g/mol. The fourth-order valence-corrected chi connectivity index (χ4v) is 1.76. The number of amides is 1. The van der Waals surface area contributed by atoms with Crippen LogP contribution in [0.4, 0.5) is 5.69 Å². The number of benzene rings is 1. The molecule has 88 valence electrons. The summed E-state index contributed by atoms with van der Waals surface area (Å²) >= 11 is 1.72. The van der Waals surface area contributed by atoms with Gasteiger partial charge in [0.15, 0.2) is 0 Å². The molecule has 1 aromatic carbocycles. The van der Waals surface area contributed by atoms with Crippen molar-refractivity contribution in [2.24, 2.45) is 0 Å². The van der Waals surface area contributed by atoms with Crippen molar-refractivity contribution in [2.45, 2.75) is 6.92 Å². The van der Waals surface area contributed by atoms with E-state index in [9.17, 15) is 4.79 Å². The smallest absolute Gasteiger partial charge is 0.251 e. The maximum Gasteiger partial charge on any atom is 0.251 e. The molecule has 0 heterocycles. The zero-order valence-electron chi connectivity index (χ0n) is 9.96. The molecule has 0 atom stereocenters. The lowest BCUT2D eigenvalue weighted by Crippen LogP contribution is -2.25. The Hall–Kier alpha value is -1.16. The summed E-state index contributed by atoms with van der Waals surface area (Å²) in [6.45, 7) is 2.71. The number of rotatable bonds is 5. The van der Waals surface area contributed by atoms with Crippen LogP contribution in [0.2, 0.25) is 0 Å². The van der Waals surface area contributed by atoms with E-state index in [-0.39, 0.29) is 5.91 Å². The van der Waals surface area contributed by atoms with Crippen molar-refractivity contribution >= 4 is 23.4 Å². The molecule has 2 N–H and O–H groups in total. The molecule has 0 saturated heterocycles. The second kappa shape index (κ2) is 6.43. The molecule has 16 heavy (non-hydrogen) atoms. The van der Waals surface area contributed by atoms with Crippen LogP contribution in [0.1, 0.15) is 15.9 Å². The van der Waals surface area contributed by atoms with Gasteiger partial charge in [-0.05, 0) is 36.9 Å². The van der Waals surface area contributed by atoms with Gasteiger partial charge in [-0.1, -0.05) is 0 Å². The molecule has 0 fully saturated rings. The van der Waals surface area contributed by atoms with Crippen molar-refractivity contribution < 1.29 is 4.79 Å². The molecule has 3 nitrogen and oxygen atoms in total. The van der Waals surface area contributed by atoms with Gasteiger partial charge in [-0.15, -0.1) is 0 Å². The third-order valence-corrected chi connectivity index (χ3v) is 2.96. The Bertz CT molecular complexity index is 366. The first-order chi connectivity index (χ1) is 7.69. The first kappa shape index (κ1) is 12.9. The summed E-state index contributed by atoms with van der Waals surface area (Å²) in [5.74, 6) is 0.944. The van der Waals surface area contributed by atoms with Crippen LogP contribution < -0.4 is 10.6 Å². The summed E-state index contributed by atoms with van der Waals surface area (Å²) in [6.07, 6.45) is 2.03. The maximum absolute atomic E-state index is 11.7. The number of aryl methyl sites for hydroxylation is 1. The van der Waals surface area contributed by atoms with Crippen LogP contribution in [0.25, 0.3) is 0 Å². The predicted molar refractivity (Wildman–Crippen MR) is 71.4 cm³/mol. The zero-order chi connectivity index (χ0) is 12.0. The number of carbonyl (C=O) groups is 1. The lowest BCUT2D eigenvalue weighted by atomic mass is 10.1. The van der Waals surface area contributed by atoms with Crippen molar-refractivity contribution in [1.29, 1.82) is 0 Å². The fourth-order valence-electron chi connectivity index (χ4n) is 1.45. The molecule has 0 aliphatic carbocycles. The van der Waals surface area contributed by atoms with Gasteiger partial charge in [0.2, 0.25) is 0 Å². The topological polar surface area (TPSA) is 41.1 Å². The van der Waals surface area contributed by atoms with Crippen LogP contribution in [0.15, 0.2) is 18.2 Å². The molecule has 0 unspecified atom stereocenters. The highest BCUT2D eigenvalue weighted by Crippen LogP contribution is 2.15. The van der Waals surface area contributed by atoms with Crippen LogP contribution in [0.3, 0.4) is 0 Å². The average Bonchev–Trinajstić information content (AvgIpc) is 2.29. The van der Waals surface area contributed by atoms with E-state index in [2.05, 4.69) is 10.6 Å². The SMILES string of the molecule is CNc1ccc(C(=O)NCCSC)cc1C. The summed E-state index contributed by atoms with van der Waals surface area (Å²) in [7, 11) is 1.88. The Kier molecular flexibility index (Phi) is 5.19. The maximum atomic E-state index is 11.7. The van der Waals surface area contributed by atoms with E-state index < -0.39 is 0 Å². The fraction of sp³-hybridized carbons (Fsp3) is 0.417. The van der Waals surface area contributed by atoms with E-state index in [1.807, 2.05) is 38.4 Å². The van der Waals surface area contributed by atoms with E-state index in [1.165, 1.54) is 0 Å². The number of anilines is 1. The van der Waals surface area contributed by atoms with Gasteiger partial charge in [0, 0.05) is 30.6 Å². The third-order valence-electron chi connectivity index (χ3n) is 2.35. The van der Waals surface area contributed by atoms with Crippen molar-refractivity contribution in [2.75, 3.05) is 30.9 Å². The van der Waals surface area contributed by atoms with Gasteiger partial charge in [-0.25, -0.2) is 0 Å². The molecule has 4 heteroatoms. The predicted octanol–water partition coefficient (Wildman–Crippen LogP) is 2.13. The highest BCUT2D eigenvalue weighted by Gasteiger charge is 2.06. The largest absolute Gasteiger partial charge is 0.388 e. The number of hydrogen-bond donors (Lipinski definition) is 2. The Morgan fingerprint density at radius 3 is 2.75 bits per heavy atom.